The normalized spacial score (nSPS) is 11.2. The second kappa shape index (κ2) is 9.46. The van der Waals surface area contributed by atoms with Crippen LogP contribution in [0.25, 0.3) is 33.4 Å². The lowest BCUT2D eigenvalue weighted by Gasteiger charge is -2.09. The van der Waals surface area contributed by atoms with Crippen molar-refractivity contribution in [1.29, 1.82) is 0 Å². The highest BCUT2D eigenvalue weighted by Gasteiger charge is 2.15. The largest absolute Gasteiger partial charge is 0.505 e. The summed E-state index contributed by atoms with van der Waals surface area (Å²) < 4.78 is 11.2. The quantitative estimate of drug-likeness (QED) is 0.272. The Morgan fingerprint density at radius 2 is 0.878 bits per heavy atom. The van der Waals surface area contributed by atoms with Crippen molar-refractivity contribution in [1.82, 2.24) is 44.9 Å². The molecular formula is C27H17N9O5. The first-order valence-electron chi connectivity index (χ1n) is 12.1. The number of benzene rings is 4. The molecule has 0 radical (unpaired) electrons. The van der Waals surface area contributed by atoms with Gasteiger partial charge in [0.2, 0.25) is 0 Å². The molecule has 0 aliphatic rings. The van der Waals surface area contributed by atoms with E-state index in [0.717, 1.165) is 0 Å². The number of aromatic hydroxyl groups is 3. The van der Waals surface area contributed by atoms with Crippen LogP contribution in [0.15, 0.2) is 84.9 Å². The first-order valence-corrected chi connectivity index (χ1v) is 12.1. The number of rotatable bonds is 6. The van der Waals surface area contributed by atoms with Crippen LogP contribution in [0.4, 0.5) is 0 Å². The van der Waals surface area contributed by atoms with E-state index in [-0.39, 0.29) is 35.0 Å². The number of nitrogens with zero attached hydrogens (tertiary/aromatic N) is 9. The first kappa shape index (κ1) is 23.8. The Balaban J connectivity index is 1.10. The van der Waals surface area contributed by atoms with Gasteiger partial charge in [-0.2, -0.15) is 0 Å². The molecule has 14 nitrogen and oxygen atoms in total. The zero-order chi connectivity index (χ0) is 27.9. The van der Waals surface area contributed by atoms with Gasteiger partial charge >= 0.3 is 18.0 Å². The van der Waals surface area contributed by atoms with Crippen molar-refractivity contribution in [3.8, 4) is 52.4 Å². The fourth-order valence-electron chi connectivity index (χ4n) is 4.04. The monoisotopic (exact) mass is 547 g/mol. The smallest absolute Gasteiger partial charge is 0.331 e. The molecule has 3 N–H and O–H groups in total. The highest BCUT2D eigenvalue weighted by Crippen LogP contribution is 2.32. The predicted molar refractivity (Wildman–Crippen MR) is 143 cm³/mol. The summed E-state index contributed by atoms with van der Waals surface area (Å²) in [5.74, 6) is 0.0154. The molecule has 41 heavy (non-hydrogen) atoms. The second-order valence-corrected chi connectivity index (χ2v) is 8.66. The zero-order valence-electron chi connectivity index (χ0n) is 20.8. The fraction of sp³-hybridized carbons (Fsp3) is 0. The number of ether oxygens (including phenoxy) is 2. The van der Waals surface area contributed by atoms with E-state index in [1.165, 1.54) is 21.7 Å². The number of fused-ring (bicyclic) bond motifs is 2. The van der Waals surface area contributed by atoms with E-state index in [4.69, 9.17) is 9.47 Å². The minimum atomic E-state index is -0.661. The van der Waals surface area contributed by atoms with Gasteiger partial charge in [-0.05, 0) is 48.5 Å². The van der Waals surface area contributed by atoms with Crippen molar-refractivity contribution in [2.24, 2.45) is 0 Å². The molecule has 0 spiro atoms. The van der Waals surface area contributed by atoms with Crippen LogP contribution in [0.1, 0.15) is 0 Å². The Morgan fingerprint density at radius 1 is 0.488 bits per heavy atom. The minimum absolute atomic E-state index is 0.160. The Morgan fingerprint density at radius 3 is 1.24 bits per heavy atom. The summed E-state index contributed by atoms with van der Waals surface area (Å²) in [6, 6.07) is 22.3. The molecule has 0 unspecified atom stereocenters. The highest BCUT2D eigenvalue weighted by atomic mass is 16.5. The molecule has 3 heterocycles. The molecule has 0 atom stereocenters. The predicted octanol–water partition coefficient (Wildman–Crippen LogP) is 4.04. The number of hydrogen-bond acceptors (Lipinski definition) is 12. The number of hydrogen-bond donors (Lipinski definition) is 3. The average Bonchev–Trinajstić information content (AvgIpc) is 3.57. The van der Waals surface area contributed by atoms with Gasteiger partial charge in [-0.25, -0.2) is 0 Å². The third kappa shape index (κ3) is 4.61. The molecule has 0 aliphatic heterocycles. The van der Waals surface area contributed by atoms with Crippen LogP contribution in [-0.4, -0.2) is 60.3 Å². The Kier molecular flexibility index (Phi) is 5.49. The number of phenolic OH excluding ortho intramolecular Hbond substituents is 2. The summed E-state index contributed by atoms with van der Waals surface area (Å²) in [4.78, 5) is 14.2. The molecule has 0 aliphatic carbocycles. The van der Waals surface area contributed by atoms with Crippen molar-refractivity contribution in [2.45, 2.75) is 0 Å². The maximum absolute atomic E-state index is 10.6. The molecule has 0 saturated carbocycles. The van der Waals surface area contributed by atoms with Crippen molar-refractivity contribution < 1.29 is 24.8 Å². The van der Waals surface area contributed by atoms with Crippen LogP contribution < -0.4 is 9.47 Å². The number of aromatic nitrogens is 9. The van der Waals surface area contributed by atoms with Gasteiger partial charge in [0.05, 0.1) is 0 Å². The molecule has 0 amide bonds. The van der Waals surface area contributed by atoms with Gasteiger partial charge in [0, 0.05) is 12.1 Å². The molecule has 3 aromatic heterocycles. The molecule has 200 valence electrons. The lowest BCUT2D eigenvalue weighted by Crippen LogP contribution is -2.01. The molecule has 0 bridgehead atoms. The Labute approximate surface area is 229 Å². The molecular weight excluding hydrogens is 530 g/mol. The molecule has 14 heteroatoms. The molecule has 0 saturated heterocycles. The van der Waals surface area contributed by atoms with Crippen LogP contribution in [0.5, 0.6) is 41.0 Å². The Hall–Kier alpha value is -6.31. The van der Waals surface area contributed by atoms with Gasteiger partial charge in [-0.3, -0.25) is 0 Å². The Bertz CT molecular complexity index is 1860. The van der Waals surface area contributed by atoms with Crippen LogP contribution in [0, 0.1) is 0 Å². The fourth-order valence-corrected chi connectivity index (χ4v) is 4.04. The van der Waals surface area contributed by atoms with Crippen LogP contribution in [0.3, 0.4) is 0 Å². The maximum atomic E-state index is 10.6. The van der Waals surface area contributed by atoms with E-state index in [1.807, 2.05) is 48.5 Å². The van der Waals surface area contributed by atoms with Crippen molar-refractivity contribution in [2.75, 3.05) is 0 Å². The maximum Gasteiger partial charge on any atom is 0.331 e. The van der Waals surface area contributed by atoms with Gasteiger partial charge < -0.3 is 24.8 Å². The van der Waals surface area contributed by atoms with Gasteiger partial charge in [0.25, 0.3) is 0 Å². The molecule has 0 fully saturated rings. The van der Waals surface area contributed by atoms with Crippen LogP contribution in [-0.2, 0) is 0 Å². The van der Waals surface area contributed by atoms with Crippen molar-refractivity contribution in [3.05, 3.63) is 84.9 Å². The lowest BCUT2D eigenvalue weighted by atomic mass is 10.3. The van der Waals surface area contributed by atoms with Gasteiger partial charge in [-0.1, -0.05) is 24.3 Å². The third-order valence-corrected chi connectivity index (χ3v) is 5.90. The van der Waals surface area contributed by atoms with E-state index in [9.17, 15) is 15.3 Å². The van der Waals surface area contributed by atoms with Gasteiger partial charge in [0.1, 0.15) is 56.4 Å². The molecule has 7 aromatic rings. The van der Waals surface area contributed by atoms with E-state index in [2.05, 4.69) is 35.3 Å². The molecule has 4 aromatic carbocycles. The van der Waals surface area contributed by atoms with Crippen LogP contribution in [0.2, 0.25) is 0 Å². The zero-order valence-corrected chi connectivity index (χ0v) is 20.8. The average molecular weight is 547 g/mol. The minimum Gasteiger partial charge on any atom is -0.505 e. The second-order valence-electron chi connectivity index (χ2n) is 8.66. The summed E-state index contributed by atoms with van der Waals surface area (Å²) in [5.41, 5.74) is 3.37. The summed E-state index contributed by atoms with van der Waals surface area (Å²) >= 11 is 0. The SMILES string of the molecule is Oc1nc(Oc2ccc(-n3nc4ccccc4n3)c(O)c2)nc(Oc2ccc(-n3nc4ccccc4n3)c(O)c2)n1. The van der Waals surface area contributed by atoms with E-state index in [1.54, 1.807) is 24.3 Å². The standard InChI is InChI=1S/C27H17N9O5/c37-23-13-15(9-11-21(23)35-31-17-5-1-2-6-18(17)32-35)40-26-28-25(39)29-27(30-26)41-16-10-12-22(24(38)14-16)36-33-19-7-3-4-8-20(19)34-36/h1-14,37-38H,(H,28,29,30,39). The van der Waals surface area contributed by atoms with Gasteiger partial charge in [0.15, 0.2) is 0 Å². The third-order valence-electron chi connectivity index (χ3n) is 5.90. The topological polar surface area (TPSA) is 179 Å². The van der Waals surface area contributed by atoms with Crippen molar-refractivity contribution >= 4 is 22.1 Å². The van der Waals surface area contributed by atoms with Crippen molar-refractivity contribution in [3.63, 3.8) is 0 Å². The summed E-state index contributed by atoms with van der Waals surface area (Å²) in [7, 11) is 0. The summed E-state index contributed by atoms with van der Waals surface area (Å²) in [6.45, 7) is 0. The lowest BCUT2D eigenvalue weighted by molar-refractivity contribution is 0.354. The summed E-state index contributed by atoms with van der Waals surface area (Å²) in [6.07, 6.45) is 0. The number of phenols is 2. The highest BCUT2D eigenvalue weighted by molar-refractivity contribution is 5.74. The van der Waals surface area contributed by atoms with E-state index in [0.29, 0.717) is 33.4 Å². The summed E-state index contributed by atoms with van der Waals surface area (Å²) in [5, 5.41) is 48.6. The van der Waals surface area contributed by atoms with Gasteiger partial charge in [-0.15, -0.1) is 44.9 Å². The van der Waals surface area contributed by atoms with E-state index < -0.39 is 6.01 Å². The van der Waals surface area contributed by atoms with E-state index >= 15 is 0 Å². The van der Waals surface area contributed by atoms with Crippen LogP contribution >= 0.6 is 0 Å². The molecule has 7 rings (SSSR count). The first-order chi connectivity index (χ1) is 20.0.